The highest BCUT2D eigenvalue weighted by Crippen LogP contribution is 2.20. The second-order valence-electron chi connectivity index (χ2n) is 7.39. The molecule has 0 aliphatic carbocycles. The van der Waals surface area contributed by atoms with Gasteiger partial charge in [0.05, 0.1) is 11.1 Å². The smallest absolute Gasteiger partial charge is 0.348 e. The number of hydrogen-bond acceptors (Lipinski definition) is 5. The van der Waals surface area contributed by atoms with Gasteiger partial charge in [-0.1, -0.05) is 17.7 Å². The number of anilines is 1. The summed E-state index contributed by atoms with van der Waals surface area (Å²) in [5.41, 5.74) is 0.597. The highest BCUT2D eigenvalue weighted by atomic mass is 35.5. The van der Waals surface area contributed by atoms with Gasteiger partial charge in [-0.3, -0.25) is 4.79 Å². The summed E-state index contributed by atoms with van der Waals surface area (Å²) >= 11 is 5.70. The fourth-order valence-corrected chi connectivity index (χ4v) is 3.77. The van der Waals surface area contributed by atoms with Gasteiger partial charge >= 0.3 is 5.69 Å². The molecule has 0 spiro atoms. The van der Waals surface area contributed by atoms with Gasteiger partial charge in [0.15, 0.2) is 5.65 Å². The van der Waals surface area contributed by atoms with E-state index in [0.29, 0.717) is 17.2 Å². The van der Waals surface area contributed by atoms with Crippen molar-refractivity contribution in [1.29, 1.82) is 0 Å². The maximum atomic E-state index is 13.7. The van der Waals surface area contributed by atoms with Crippen molar-refractivity contribution in [2.24, 2.45) is 0 Å². The van der Waals surface area contributed by atoms with E-state index in [4.69, 9.17) is 11.6 Å². The molecule has 1 N–H and O–H groups in total. The molecule has 1 aliphatic rings. The molecule has 1 saturated heterocycles. The van der Waals surface area contributed by atoms with Crippen LogP contribution in [0.4, 0.5) is 10.3 Å². The summed E-state index contributed by atoms with van der Waals surface area (Å²) in [4.78, 5) is 31.9. The highest BCUT2D eigenvalue weighted by molar-refractivity contribution is 6.30. The largest absolute Gasteiger partial charge is 0.353 e. The van der Waals surface area contributed by atoms with Crippen molar-refractivity contribution >= 4 is 29.1 Å². The van der Waals surface area contributed by atoms with E-state index in [2.05, 4.69) is 20.3 Å². The molecule has 1 fully saturated rings. The number of piperidine rings is 1. The second-order valence-corrected chi connectivity index (χ2v) is 7.80. The van der Waals surface area contributed by atoms with Crippen LogP contribution in [0, 0.1) is 5.82 Å². The lowest BCUT2D eigenvalue weighted by Gasteiger charge is -2.27. The summed E-state index contributed by atoms with van der Waals surface area (Å²) in [6.07, 6.45) is 4.88. The first kappa shape index (κ1) is 20.3. The molecule has 0 radical (unpaired) electrons. The Kier molecular flexibility index (Phi) is 5.72. The average Bonchev–Trinajstić information content (AvgIpc) is 3.06. The standard InChI is InChI=1S/C20H22ClFN6O2/c1-13(14-5-6-15(21)16(22)11-14)24-18(29)12-27-20(30)28-17(25-27)7-8-23-19(28)26-9-3-2-4-10-26/h5-8,11,13H,2-4,9-10,12H2,1H3,(H,24,29)/t13-/m0/s1. The number of rotatable bonds is 5. The minimum atomic E-state index is -0.551. The summed E-state index contributed by atoms with van der Waals surface area (Å²) in [7, 11) is 0. The number of carbonyl (C=O) groups excluding carboxylic acids is 1. The number of hydrogen-bond donors (Lipinski definition) is 1. The molecule has 2 aromatic heterocycles. The number of aromatic nitrogens is 4. The van der Waals surface area contributed by atoms with Crippen LogP contribution in [0.3, 0.4) is 0 Å². The van der Waals surface area contributed by atoms with Crippen LogP contribution in [0.15, 0.2) is 35.3 Å². The second kappa shape index (κ2) is 8.43. The predicted octanol–water partition coefficient (Wildman–Crippen LogP) is 2.55. The SMILES string of the molecule is C[C@H](NC(=O)Cn1nc2ccnc(N3CCCCC3)n2c1=O)c1ccc(Cl)c(F)c1. The van der Waals surface area contributed by atoms with E-state index < -0.39 is 23.5 Å². The zero-order chi connectivity index (χ0) is 21.3. The molecule has 0 unspecified atom stereocenters. The van der Waals surface area contributed by atoms with E-state index in [-0.39, 0.29) is 11.6 Å². The van der Waals surface area contributed by atoms with E-state index in [9.17, 15) is 14.0 Å². The molecule has 4 rings (SSSR count). The van der Waals surface area contributed by atoms with Gasteiger partial charge in [-0.2, -0.15) is 0 Å². The van der Waals surface area contributed by atoms with Gasteiger partial charge in [0, 0.05) is 25.4 Å². The topological polar surface area (TPSA) is 84.5 Å². The molecule has 3 heterocycles. The molecule has 10 heteroatoms. The van der Waals surface area contributed by atoms with Gasteiger partial charge in [-0.25, -0.2) is 23.3 Å². The summed E-state index contributed by atoms with van der Waals surface area (Å²) < 4.78 is 16.2. The predicted molar refractivity (Wildman–Crippen MR) is 111 cm³/mol. The van der Waals surface area contributed by atoms with Gasteiger partial charge < -0.3 is 10.2 Å². The fraction of sp³-hybridized carbons (Fsp3) is 0.400. The van der Waals surface area contributed by atoms with Crippen LogP contribution in [0.25, 0.3) is 5.65 Å². The van der Waals surface area contributed by atoms with Crippen molar-refractivity contribution in [3.8, 4) is 0 Å². The lowest BCUT2D eigenvalue weighted by molar-refractivity contribution is -0.122. The van der Waals surface area contributed by atoms with Crippen LogP contribution in [-0.4, -0.2) is 38.2 Å². The number of nitrogens with zero attached hydrogens (tertiary/aromatic N) is 5. The molecular weight excluding hydrogens is 411 g/mol. The van der Waals surface area contributed by atoms with Gasteiger partial charge in [0.1, 0.15) is 12.4 Å². The first-order chi connectivity index (χ1) is 14.4. The first-order valence-corrected chi connectivity index (χ1v) is 10.3. The number of nitrogens with one attached hydrogen (secondary N) is 1. The quantitative estimate of drug-likeness (QED) is 0.669. The summed E-state index contributed by atoms with van der Waals surface area (Å²) in [6, 6.07) is 5.55. The molecule has 8 nitrogen and oxygen atoms in total. The van der Waals surface area contributed by atoms with E-state index in [0.717, 1.165) is 37.0 Å². The minimum Gasteiger partial charge on any atom is -0.348 e. The third kappa shape index (κ3) is 4.02. The molecule has 3 aromatic rings. The van der Waals surface area contributed by atoms with E-state index in [1.165, 1.54) is 16.5 Å². The normalized spacial score (nSPS) is 15.4. The number of benzene rings is 1. The lowest BCUT2D eigenvalue weighted by Crippen LogP contribution is -2.36. The highest BCUT2D eigenvalue weighted by Gasteiger charge is 2.20. The summed E-state index contributed by atoms with van der Waals surface area (Å²) in [5, 5.41) is 7.05. The molecule has 0 bridgehead atoms. The Balaban J connectivity index is 1.53. The van der Waals surface area contributed by atoms with Crippen molar-refractivity contribution in [3.63, 3.8) is 0 Å². The van der Waals surface area contributed by atoms with Gasteiger partial charge in [0.2, 0.25) is 11.9 Å². The minimum absolute atomic E-state index is 0.0200. The number of fused-ring (bicyclic) bond motifs is 1. The molecule has 1 atom stereocenters. The molecule has 1 aliphatic heterocycles. The van der Waals surface area contributed by atoms with Crippen LogP contribution in [0.5, 0.6) is 0 Å². The Hall–Kier alpha value is -2.94. The van der Waals surface area contributed by atoms with Crippen molar-refractivity contribution in [3.05, 3.63) is 57.3 Å². The van der Waals surface area contributed by atoms with Gasteiger partial charge in [-0.15, -0.1) is 5.10 Å². The Labute approximate surface area is 177 Å². The Morgan fingerprint density at radius 1 is 1.27 bits per heavy atom. The number of carbonyl (C=O) groups is 1. The van der Waals surface area contributed by atoms with Crippen LogP contribution in [-0.2, 0) is 11.3 Å². The molecule has 1 amide bonds. The zero-order valence-corrected chi connectivity index (χ0v) is 17.3. The first-order valence-electron chi connectivity index (χ1n) is 9.88. The summed E-state index contributed by atoms with van der Waals surface area (Å²) in [6.45, 7) is 3.14. The van der Waals surface area contributed by atoms with Crippen molar-refractivity contribution < 1.29 is 9.18 Å². The van der Waals surface area contributed by atoms with Crippen molar-refractivity contribution in [1.82, 2.24) is 24.5 Å². The molecule has 30 heavy (non-hydrogen) atoms. The fourth-order valence-electron chi connectivity index (χ4n) is 3.66. The Bertz CT molecular complexity index is 1140. The van der Waals surface area contributed by atoms with Crippen LogP contribution < -0.4 is 15.9 Å². The Morgan fingerprint density at radius 2 is 2.03 bits per heavy atom. The molecule has 1 aromatic carbocycles. The average molecular weight is 433 g/mol. The van der Waals surface area contributed by atoms with Crippen molar-refractivity contribution in [2.75, 3.05) is 18.0 Å². The van der Waals surface area contributed by atoms with Crippen molar-refractivity contribution in [2.45, 2.75) is 38.8 Å². The van der Waals surface area contributed by atoms with E-state index in [1.54, 1.807) is 25.3 Å². The van der Waals surface area contributed by atoms with Crippen LogP contribution >= 0.6 is 11.6 Å². The molecule has 0 saturated carbocycles. The maximum Gasteiger partial charge on any atom is 0.353 e. The third-order valence-corrected chi connectivity index (χ3v) is 5.54. The van der Waals surface area contributed by atoms with E-state index >= 15 is 0 Å². The summed E-state index contributed by atoms with van der Waals surface area (Å²) in [5.74, 6) is -0.408. The third-order valence-electron chi connectivity index (χ3n) is 5.23. The van der Waals surface area contributed by atoms with Crippen LogP contribution in [0.2, 0.25) is 5.02 Å². The lowest BCUT2D eigenvalue weighted by atomic mass is 10.1. The Morgan fingerprint density at radius 3 is 2.77 bits per heavy atom. The maximum absolute atomic E-state index is 13.7. The van der Waals surface area contributed by atoms with Gasteiger partial charge in [-0.05, 0) is 43.9 Å². The monoisotopic (exact) mass is 432 g/mol. The van der Waals surface area contributed by atoms with E-state index in [1.807, 2.05) is 0 Å². The van der Waals surface area contributed by atoms with Crippen LogP contribution in [0.1, 0.15) is 37.8 Å². The van der Waals surface area contributed by atoms with Gasteiger partial charge in [0.25, 0.3) is 0 Å². The number of amides is 1. The molecular formula is C20H22ClFN6O2. The number of halogens is 2. The zero-order valence-electron chi connectivity index (χ0n) is 16.5. The molecule has 158 valence electrons.